The smallest absolute Gasteiger partial charge is 0.246 e. The monoisotopic (exact) mass is 439 g/mol. The minimum atomic E-state index is -0.554. The molecule has 2 amide bonds. The Morgan fingerprint density at radius 2 is 2.03 bits per heavy atom. The van der Waals surface area contributed by atoms with Crippen molar-refractivity contribution in [2.24, 2.45) is 0 Å². The second kappa shape index (κ2) is 8.30. The van der Waals surface area contributed by atoms with Gasteiger partial charge in [0.1, 0.15) is 11.9 Å². The lowest BCUT2D eigenvalue weighted by Gasteiger charge is -2.32. The fourth-order valence-corrected chi connectivity index (χ4v) is 5.48. The lowest BCUT2D eigenvalue weighted by atomic mass is 10.1. The lowest BCUT2D eigenvalue weighted by Crippen LogP contribution is -2.55. The normalized spacial score (nSPS) is 23.8. The van der Waals surface area contributed by atoms with Gasteiger partial charge >= 0.3 is 0 Å². The summed E-state index contributed by atoms with van der Waals surface area (Å²) in [7, 11) is 0. The maximum Gasteiger partial charge on any atom is 0.246 e. The van der Waals surface area contributed by atoms with Crippen LogP contribution >= 0.6 is 11.8 Å². The van der Waals surface area contributed by atoms with Gasteiger partial charge in [-0.25, -0.2) is 4.39 Å². The largest absolute Gasteiger partial charge is 0.343 e. The molecule has 0 saturated carbocycles. The first-order valence-corrected chi connectivity index (χ1v) is 11.4. The standard InChI is InChI=1S/C22H22FN5O2S/c23-15-8-6-14(7-9-15)12-18-21(29)24-16(13-31-18)22(30)27-11-3-4-17(27)20-26-25-19-5-1-2-10-28(19)20/h1-2,5-10,16-18H,3-4,11-13H2,(H,24,29). The number of halogens is 1. The molecule has 3 unspecified atom stereocenters. The van der Waals surface area contributed by atoms with Gasteiger partial charge in [0.25, 0.3) is 0 Å². The third kappa shape index (κ3) is 3.89. The Morgan fingerprint density at radius 3 is 2.84 bits per heavy atom. The fourth-order valence-electron chi connectivity index (χ4n) is 4.30. The molecule has 0 aliphatic carbocycles. The summed E-state index contributed by atoms with van der Waals surface area (Å²) in [5.74, 6) is 0.750. The molecule has 2 fully saturated rings. The summed E-state index contributed by atoms with van der Waals surface area (Å²) in [5, 5.41) is 11.2. The first kappa shape index (κ1) is 20.0. The SMILES string of the molecule is O=C1NC(C(=O)N2CCCC2c2nnc3ccccn23)CSC1Cc1ccc(F)cc1. The molecular formula is C22H22FN5O2S. The Kier molecular flexibility index (Phi) is 5.35. The molecule has 2 aliphatic heterocycles. The van der Waals surface area contributed by atoms with E-state index in [0.717, 1.165) is 29.9 Å². The van der Waals surface area contributed by atoms with Gasteiger partial charge in [-0.2, -0.15) is 0 Å². The minimum Gasteiger partial charge on any atom is -0.343 e. The van der Waals surface area contributed by atoms with E-state index < -0.39 is 6.04 Å². The fraction of sp³-hybridized carbons (Fsp3) is 0.364. The van der Waals surface area contributed by atoms with E-state index in [4.69, 9.17) is 0 Å². The third-order valence-corrected chi connectivity index (χ3v) is 7.19. The average molecular weight is 440 g/mol. The van der Waals surface area contributed by atoms with Gasteiger partial charge in [0, 0.05) is 18.5 Å². The van der Waals surface area contributed by atoms with E-state index in [-0.39, 0.29) is 28.9 Å². The summed E-state index contributed by atoms with van der Waals surface area (Å²) < 4.78 is 15.0. The molecule has 7 nitrogen and oxygen atoms in total. The predicted molar refractivity (Wildman–Crippen MR) is 115 cm³/mol. The molecule has 9 heteroatoms. The van der Waals surface area contributed by atoms with Crippen molar-refractivity contribution in [1.29, 1.82) is 0 Å². The number of hydrogen-bond acceptors (Lipinski definition) is 5. The van der Waals surface area contributed by atoms with Crippen LogP contribution in [0.5, 0.6) is 0 Å². The van der Waals surface area contributed by atoms with Gasteiger partial charge in [0.2, 0.25) is 11.8 Å². The van der Waals surface area contributed by atoms with Crippen LogP contribution in [0.2, 0.25) is 0 Å². The molecule has 4 heterocycles. The highest BCUT2D eigenvalue weighted by atomic mass is 32.2. The number of pyridine rings is 1. The van der Waals surface area contributed by atoms with Crippen LogP contribution in [-0.2, 0) is 16.0 Å². The lowest BCUT2D eigenvalue weighted by molar-refractivity contribution is -0.137. The van der Waals surface area contributed by atoms with E-state index >= 15 is 0 Å². The van der Waals surface area contributed by atoms with Gasteiger partial charge in [-0.05, 0) is 49.1 Å². The Balaban J connectivity index is 1.27. The molecule has 1 aromatic carbocycles. The van der Waals surface area contributed by atoms with Crippen molar-refractivity contribution < 1.29 is 14.0 Å². The number of nitrogens with one attached hydrogen (secondary N) is 1. The Morgan fingerprint density at radius 1 is 1.19 bits per heavy atom. The third-order valence-electron chi connectivity index (χ3n) is 5.88. The van der Waals surface area contributed by atoms with E-state index in [1.165, 1.54) is 23.9 Å². The molecule has 31 heavy (non-hydrogen) atoms. The number of hydrogen-bond donors (Lipinski definition) is 1. The molecule has 0 spiro atoms. The van der Waals surface area contributed by atoms with E-state index in [0.29, 0.717) is 18.7 Å². The molecule has 3 atom stereocenters. The van der Waals surface area contributed by atoms with Gasteiger partial charge < -0.3 is 10.2 Å². The molecule has 160 valence electrons. The van der Waals surface area contributed by atoms with Crippen LogP contribution in [0.3, 0.4) is 0 Å². The molecular weight excluding hydrogens is 417 g/mol. The summed E-state index contributed by atoms with van der Waals surface area (Å²) in [6.07, 6.45) is 4.13. The molecule has 2 aliphatic rings. The number of aromatic nitrogens is 3. The topological polar surface area (TPSA) is 79.6 Å². The van der Waals surface area contributed by atoms with E-state index in [2.05, 4.69) is 15.5 Å². The highest BCUT2D eigenvalue weighted by Gasteiger charge is 2.39. The molecule has 3 aromatic rings. The van der Waals surface area contributed by atoms with Gasteiger partial charge in [0.15, 0.2) is 11.5 Å². The van der Waals surface area contributed by atoms with Crippen LogP contribution in [0.15, 0.2) is 48.7 Å². The maximum atomic E-state index is 13.3. The van der Waals surface area contributed by atoms with Crippen LogP contribution in [0, 0.1) is 5.82 Å². The second-order valence-corrected chi connectivity index (χ2v) is 9.13. The zero-order valence-electron chi connectivity index (χ0n) is 16.8. The van der Waals surface area contributed by atoms with E-state index in [1.54, 1.807) is 12.1 Å². The van der Waals surface area contributed by atoms with Crippen molar-refractivity contribution in [1.82, 2.24) is 24.8 Å². The summed E-state index contributed by atoms with van der Waals surface area (Å²) in [6, 6.07) is 11.2. The number of nitrogens with zero attached hydrogens (tertiary/aromatic N) is 4. The van der Waals surface area contributed by atoms with Crippen LogP contribution < -0.4 is 5.32 Å². The Hall–Kier alpha value is -2.94. The maximum absolute atomic E-state index is 13.3. The van der Waals surface area contributed by atoms with Gasteiger partial charge in [-0.15, -0.1) is 22.0 Å². The van der Waals surface area contributed by atoms with Gasteiger partial charge in [-0.1, -0.05) is 18.2 Å². The summed E-state index contributed by atoms with van der Waals surface area (Å²) in [4.78, 5) is 27.8. The summed E-state index contributed by atoms with van der Waals surface area (Å²) in [5.41, 5.74) is 1.65. The number of carbonyl (C=O) groups excluding carboxylic acids is 2. The predicted octanol–water partition coefficient (Wildman–Crippen LogP) is 2.37. The van der Waals surface area contributed by atoms with Crippen molar-refractivity contribution in [2.45, 2.75) is 36.6 Å². The van der Waals surface area contributed by atoms with Crippen molar-refractivity contribution in [2.75, 3.05) is 12.3 Å². The molecule has 0 radical (unpaired) electrons. The zero-order valence-corrected chi connectivity index (χ0v) is 17.6. The molecule has 5 rings (SSSR count). The van der Waals surface area contributed by atoms with Crippen LogP contribution in [0.1, 0.15) is 30.3 Å². The van der Waals surface area contributed by atoms with Crippen molar-refractivity contribution in [3.63, 3.8) is 0 Å². The number of amides is 2. The second-order valence-electron chi connectivity index (χ2n) is 7.89. The van der Waals surface area contributed by atoms with Crippen molar-refractivity contribution in [3.8, 4) is 0 Å². The first-order valence-electron chi connectivity index (χ1n) is 10.4. The number of carbonyl (C=O) groups is 2. The average Bonchev–Trinajstić information content (AvgIpc) is 3.43. The van der Waals surface area contributed by atoms with Crippen molar-refractivity contribution in [3.05, 3.63) is 65.9 Å². The number of likely N-dealkylation sites (tertiary alicyclic amines) is 1. The molecule has 1 N–H and O–H groups in total. The highest BCUT2D eigenvalue weighted by Crippen LogP contribution is 2.33. The van der Waals surface area contributed by atoms with Gasteiger partial charge in [-0.3, -0.25) is 14.0 Å². The number of benzene rings is 1. The summed E-state index contributed by atoms with van der Waals surface area (Å²) >= 11 is 1.48. The van der Waals surface area contributed by atoms with Crippen LogP contribution in [0.25, 0.3) is 5.65 Å². The van der Waals surface area contributed by atoms with Crippen LogP contribution in [-0.4, -0.2) is 54.9 Å². The van der Waals surface area contributed by atoms with E-state index in [9.17, 15) is 14.0 Å². The van der Waals surface area contributed by atoms with Crippen molar-refractivity contribution >= 4 is 29.2 Å². The molecule has 2 saturated heterocycles. The molecule has 2 aromatic heterocycles. The number of thioether (sulfide) groups is 1. The first-order chi connectivity index (χ1) is 15.1. The zero-order chi connectivity index (χ0) is 21.4. The number of fused-ring (bicyclic) bond motifs is 1. The quantitative estimate of drug-likeness (QED) is 0.675. The summed E-state index contributed by atoms with van der Waals surface area (Å²) in [6.45, 7) is 0.640. The van der Waals surface area contributed by atoms with Crippen LogP contribution in [0.4, 0.5) is 4.39 Å². The molecule has 0 bridgehead atoms. The Bertz CT molecular complexity index is 1120. The van der Waals surface area contributed by atoms with E-state index in [1.807, 2.05) is 33.7 Å². The minimum absolute atomic E-state index is 0.0729. The highest BCUT2D eigenvalue weighted by molar-refractivity contribution is 8.00. The Labute approximate surface area is 183 Å². The van der Waals surface area contributed by atoms with Gasteiger partial charge in [0.05, 0.1) is 11.3 Å². The number of rotatable bonds is 4.